The van der Waals surface area contributed by atoms with Crippen LogP contribution < -0.4 is 0 Å². The quantitative estimate of drug-likeness (QED) is 0.323. The van der Waals surface area contributed by atoms with Gasteiger partial charge in [0, 0.05) is 0 Å². The number of carbonyl (C=O) groups excluding carboxylic acids is 1. The number of aliphatic hydroxyl groups excluding tert-OH is 1. The van der Waals surface area contributed by atoms with Crippen LogP contribution in [0.2, 0.25) is 0 Å². The van der Waals surface area contributed by atoms with Gasteiger partial charge in [0.15, 0.2) is 0 Å². The van der Waals surface area contributed by atoms with Crippen LogP contribution in [-0.2, 0) is 14.3 Å². The number of ether oxygens (including phenoxy) is 2. The molecule has 0 radical (unpaired) electrons. The molecule has 1 saturated heterocycles. The zero-order valence-electron chi connectivity index (χ0n) is 25.3. The van der Waals surface area contributed by atoms with Gasteiger partial charge in [-0.05, 0) is 122 Å². The van der Waals surface area contributed by atoms with Gasteiger partial charge in [0.1, 0.15) is 11.6 Å². The van der Waals surface area contributed by atoms with Gasteiger partial charge in [0.25, 0.3) is 0 Å². The maximum Gasteiger partial charge on any atom is 0.312 e. The van der Waals surface area contributed by atoms with Gasteiger partial charge < -0.3 is 14.6 Å². The maximum atomic E-state index is 13.8. The Morgan fingerprint density at radius 3 is 2.28 bits per heavy atom. The lowest BCUT2D eigenvalue weighted by molar-refractivity contribution is -0.250. The van der Waals surface area contributed by atoms with Crippen molar-refractivity contribution in [3.8, 4) is 0 Å². The Morgan fingerprint density at radius 2 is 1.62 bits per heavy atom. The molecule has 0 aromatic carbocycles. The second kappa shape index (κ2) is 8.30. The van der Waals surface area contributed by atoms with Crippen LogP contribution in [0.5, 0.6) is 0 Å². The summed E-state index contributed by atoms with van der Waals surface area (Å²) >= 11 is 0. The van der Waals surface area contributed by atoms with E-state index in [-0.39, 0.29) is 56.7 Å². The van der Waals surface area contributed by atoms with E-state index in [1.165, 1.54) is 25.7 Å². The van der Waals surface area contributed by atoms with Crippen molar-refractivity contribution in [3.63, 3.8) is 0 Å². The summed E-state index contributed by atoms with van der Waals surface area (Å²) in [6.07, 6.45) is 11.9. The van der Waals surface area contributed by atoms with Crippen LogP contribution in [0.25, 0.3) is 0 Å². The smallest absolute Gasteiger partial charge is 0.312 e. The van der Waals surface area contributed by atoms with Crippen molar-refractivity contribution in [1.82, 2.24) is 0 Å². The highest BCUT2D eigenvalue weighted by Crippen LogP contribution is 2.78. The van der Waals surface area contributed by atoms with E-state index in [1.54, 1.807) is 7.11 Å². The van der Waals surface area contributed by atoms with Crippen LogP contribution in [0.15, 0.2) is 10.2 Å². The van der Waals surface area contributed by atoms with E-state index in [9.17, 15) is 9.90 Å². The Kier molecular flexibility index (Phi) is 5.71. The molecule has 39 heavy (non-hydrogen) atoms. The van der Waals surface area contributed by atoms with Crippen LogP contribution >= 0.6 is 0 Å². The number of hydrogen-bond donors (Lipinski definition) is 1. The monoisotopic (exact) mass is 540 g/mol. The normalized spacial score (nSPS) is 57.2. The number of carbonyl (C=O) groups is 1. The average Bonchev–Trinajstić information content (AvgIpc) is 3.51. The Labute approximate surface area is 235 Å². The fourth-order valence-electron chi connectivity index (χ4n) is 13.2. The molecule has 2 aliphatic heterocycles. The van der Waals surface area contributed by atoms with E-state index in [1.807, 2.05) is 0 Å². The summed E-state index contributed by atoms with van der Waals surface area (Å²) in [6.45, 7) is 14.1. The molecule has 1 N–H and O–H groups in total. The first kappa shape index (κ1) is 26.9. The minimum atomic E-state index is -0.384. The first-order valence-corrected chi connectivity index (χ1v) is 16.2. The predicted molar refractivity (Wildman–Crippen MR) is 149 cm³/mol. The molecule has 6 heteroatoms. The van der Waals surface area contributed by atoms with Gasteiger partial charge >= 0.3 is 5.97 Å². The van der Waals surface area contributed by atoms with Crippen LogP contribution in [0, 0.1) is 56.7 Å². The molecule has 7 aliphatic rings. The van der Waals surface area contributed by atoms with Gasteiger partial charge in [0.05, 0.1) is 31.8 Å². The van der Waals surface area contributed by atoms with Crippen molar-refractivity contribution >= 4 is 5.97 Å². The van der Waals surface area contributed by atoms with Gasteiger partial charge in [-0.25, -0.2) is 0 Å². The lowest BCUT2D eigenvalue weighted by atomic mass is 9.32. The highest BCUT2D eigenvalue weighted by molar-refractivity contribution is 5.78. The molecule has 2 heterocycles. The Bertz CT molecular complexity index is 1070. The number of esters is 1. The zero-order valence-corrected chi connectivity index (χ0v) is 25.3. The lowest BCUT2D eigenvalue weighted by Crippen LogP contribution is -2.67. The van der Waals surface area contributed by atoms with Crippen molar-refractivity contribution in [3.05, 3.63) is 0 Å². The predicted octanol–water partition coefficient (Wildman–Crippen LogP) is 6.60. The van der Waals surface area contributed by atoms with E-state index >= 15 is 0 Å². The molecular formula is C33H52N2O4. The van der Waals surface area contributed by atoms with Gasteiger partial charge in [-0.1, -0.05) is 34.6 Å². The number of nitrogens with zero attached hydrogens (tertiary/aromatic N) is 2. The minimum absolute atomic E-state index is 0.0284. The molecule has 5 saturated carbocycles. The number of rotatable bonds is 3. The van der Waals surface area contributed by atoms with Crippen molar-refractivity contribution in [2.75, 3.05) is 20.3 Å². The topological polar surface area (TPSA) is 83.8 Å². The first-order chi connectivity index (χ1) is 18.4. The summed E-state index contributed by atoms with van der Waals surface area (Å²) in [5.74, 6) is 2.39. The van der Waals surface area contributed by atoms with E-state index in [2.05, 4.69) is 39.7 Å². The van der Waals surface area contributed by atoms with Crippen LogP contribution in [0.1, 0.15) is 105 Å². The largest absolute Gasteiger partial charge is 0.469 e. The highest BCUT2D eigenvalue weighted by atomic mass is 16.6. The number of fused-ring (bicyclic) bond motifs is 7. The van der Waals surface area contributed by atoms with Gasteiger partial charge in [-0.2, -0.15) is 10.2 Å². The zero-order chi connectivity index (χ0) is 27.6. The second-order valence-corrected chi connectivity index (χ2v) is 16.4. The Morgan fingerprint density at radius 1 is 0.846 bits per heavy atom. The summed E-state index contributed by atoms with van der Waals surface area (Å²) in [6, 6.07) is 0. The number of epoxide rings is 1. The molecule has 7 rings (SSSR count). The summed E-state index contributed by atoms with van der Waals surface area (Å²) < 4.78 is 11.6. The van der Waals surface area contributed by atoms with Crippen molar-refractivity contribution in [2.45, 2.75) is 123 Å². The van der Waals surface area contributed by atoms with E-state index in [4.69, 9.17) is 14.6 Å². The third-order valence-corrected chi connectivity index (χ3v) is 15.4. The molecular weight excluding hydrogens is 488 g/mol. The molecule has 0 bridgehead atoms. The molecule has 0 amide bonds. The molecule has 11 unspecified atom stereocenters. The molecule has 0 aromatic rings. The average molecular weight is 541 g/mol. The molecule has 0 aromatic heterocycles. The lowest BCUT2D eigenvalue weighted by Gasteiger charge is -2.72. The van der Waals surface area contributed by atoms with Crippen LogP contribution in [0.4, 0.5) is 0 Å². The SMILES string of the molecule is COC(=O)C12CCC(C3(C4CO4)CCN=N3)C1C1CCC3C4(C)CCC(O)C(C)(C)C4CCC3(C)[C@]1(C)CC2. The van der Waals surface area contributed by atoms with Crippen molar-refractivity contribution in [2.24, 2.45) is 66.9 Å². The third kappa shape index (κ3) is 3.15. The molecule has 218 valence electrons. The van der Waals surface area contributed by atoms with Gasteiger partial charge in [-0.15, -0.1) is 0 Å². The molecule has 6 fully saturated rings. The van der Waals surface area contributed by atoms with E-state index in [0.717, 1.165) is 58.1 Å². The van der Waals surface area contributed by atoms with Crippen LogP contribution in [-0.4, -0.2) is 49.1 Å². The molecule has 12 atom stereocenters. The number of methoxy groups -OCH3 is 1. The standard InChI is InChI=1S/C33H52N2O4/c1-28(2)22-10-13-31(5)23(29(22,3)12-11-24(28)36)8-7-20-26-21(33(25-19-39-25)17-18-34-35-33)9-14-32(26,27(37)38-6)16-15-30(20,31)4/h20-26,36H,7-19H2,1-6H3/t20?,21?,22?,23?,24?,25?,26?,29?,30-,31?,32?,33?/m1/s1. The highest BCUT2D eigenvalue weighted by Gasteiger charge is 2.74. The van der Waals surface area contributed by atoms with Gasteiger partial charge in [0.2, 0.25) is 0 Å². The summed E-state index contributed by atoms with van der Waals surface area (Å²) in [7, 11) is 1.60. The minimum Gasteiger partial charge on any atom is -0.469 e. The number of azo groups is 1. The van der Waals surface area contributed by atoms with Gasteiger partial charge in [-0.3, -0.25) is 4.79 Å². The third-order valence-electron chi connectivity index (χ3n) is 15.4. The van der Waals surface area contributed by atoms with Crippen molar-refractivity contribution in [1.29, 1.82) is 0 Å². The number of aliphatic hydroxyl groups is 1. The van der Waals surface area contributed by atoms with Crippen LogP contribution in [0.3, 0.4) is 0 Å². The molecule has 5 aliphatic carbocycles. The summed E-state index contributed by atoms with van der Waals surface area (Å²) in [5, 5.41) is 20.6. The van der Waals surface area contributed by atoms with E-state index < -0.39 is 0 Å². The first-order valence-electron chi connectivity index (χ1n) is 16.2. The Balaban J connectivity index is 1.30. The fraction of sp³-hybridized carbons (Fsp3) is 0.970. The summed E-state index contributed by atoms with van der Waals surface area (Å²) in [5.41, 5.74) is 0.0117. The summed E-state index contributed by atoms with van der Waals surface area (Å²) in [4.78, 5) is 13.8. The molecule has 6 nitrogen and oxygen atoms in total. The Hall–Kier alpha value is -1.01. The number of hydrogen-bond acceptors (Lipinski definition) is 6. The fourth-order valence-corrected chi connectivity index (χ4v) is 13.2. The molecule has 0 spiro atoms. The van der Waals surface area contributed by atoms with Crippen molar-refractivity contribution < 1.29 is 19.4 Å². The van der Waals surface area contributed by atoms with E-state index in [0.29, 0.717) is 23.7 Å². The maximum absolute atomic E-state index is 13.8. The second-order valence-electron chi connectivity index (χ2n) is 16.4.